The van der Waals surface area contributed by atoms with E-state index < -0.39 is 0 Å². The first-order valence-corrected chi connectivity index (χ1v) is 8.79. The molecule has 0 fully saturated rings. The number of esters is 1. The molecule has 0 radical (unpaired) electrons. The van der Waals surface area contributed by atoms with E-state index >= 15 is 0 Å². The van der Waals surface area contributed by atoms with E-state index in [1.54, 1.807) is 45.0 Å². The van der Waals surface area contributed by atoms with Gasteiger partial charge in [-0.15, -0.1) is 0 Å². The number of amides is 1. The molecule has 7 nitrogen and oxygen atoms in total. The summed E-state index contributed by atoms with van der Waals surface area (Å²) in [5, 5.41) is 3.97. The normalized spacial score (nSPS) is 11.0. The van der Waals surface area contributed by atoms with Gasteiger partial charge in [0, 0.05) is 11.3 Å². The highest BCUT2D eigenvalue weighted by molar-refractivity contribution is 5.97. The number of aromatic nitrogens is 1. The van der Waals surface area contributed by atoms with E-state index in [1.165, 1.54) is 6.21 Å². The minimum Gasteiger partial charge on any atom is -0.491 e. The Hall–Kier alpha value is -3.09. The van der Waals surface area contributed by atoms with Gasteiger partial charge in [-0.3, -0.25) is 4.79 Å². The standard InChI is InChI=1S/C20H25N3O4/c1-6-26-20(25)18-13(4)17(22-14(18)5)11-21-23-19(24)15-7-9-16(10-8-15)27-12(2)3/h7-12,22H,6H2,1-5H3,(H,23,24)/b21-11+. The Morgan fingerprint density at radius 3 is 2.48 bits per heavy atom. The van der Waals surface area contributed by atoms with Gasteiger partial charge in [-0.05, 0) is 64.4 Å². The van der Waals surface area contributed by atoms with Crippen LogP contribution in [-0.2, 0) is 4.74 Å². The molecule has 2 aromatic rings. The van der Waals surface area contributed by atoms with Crippen molar-refractivity contribution >= 4 is 18.1 Å². The number of nitrogens with zero attached hydrogens (tertiary/aromatic N) is 1. The van der Waals surface area contributed by atoms with Crippen LogP contribution in [0.4, 0.5) is 0 Å². The van der Waals surface area contributed by atoms with Gasteiger partial charge in [0.15, 0.2) is 0 Å². The van der Waals surface area contributed by atoms with Gasteiger partial charge < -0.3 is 14.5 Å². The third-order valence-electron chi connectivity index (χ3n) is 3.80. The zero-order valence-corrected chi connectivity index (χ0v) is 16.3. The Balaban J connectivity index is 2.04. The summed E-state index contributed by atoms with van der Waals surface area (Å²) in [7, 11) is 0. The largest absolute Gasteiger partial charge is 0.491 e. The highest BCUT2D eigenvalue weighted by Crippen LogP contribution is 2.18. The predicted octanol–water partition coefficient (Wildman–Crippen LogP) is 3.36. The molecule has 0 unspecified atom stereocenters. The number of aromatic amines is 1. The number of hydrazone groups is 1. The third-order valence-corrected chi connectivity index (χ3v) is 3.80. The van der Waals surface area contributed by atoms with E-state index in [9.17, 15) is 9.59 Å². The maximum absolute atomic E-state index is 12.2. The van der Waals surface area contributed by atoms with Gasteiger partial charge in [-0.2, -0.15) is 5.10 Å². The molecule has 0 spiro atoms. The van der Waals surface area contributed by atoms with Gasteiger partial charge in [-0.1, -0.05) is 0 Å². The average molecular weight is 371 g/mol. The van der Waals surface area contributed by atoms with Gasteiger partial charge in [0.1, 0.15) is 5.75 Å². The fourth-order valence-electron chi connectivity index (χ4n) is 2.59. The first kappa shape index (κ1) is 20.2. The lowest BCUT2D eigenvalue weighted by molar-refractivity contribution is 0.0524. The highest BCUT2D eigenvalue weighted by Gasteiger charge is 2.18. The molecule has 0 aliphatic heterocycles. The Labute approximate surface area is 158 Å². The number of hydrogen-bond acceptors (Lipinski definition) is 5. The number of benzene rings is 1. The molecule has 144 valence electrons. The van der Waals surface area contributed by atoms with Crippen molar-refractivity contribution in [1.82, 2.24) is 10.4 Å². The van der Waals surface area contributed by atoms with Crippen LogP contribution in [0.2, 0.25) is 0 Å². The minimum atomic E-state index is -0.379. The van der Waals surface area contributed by atoms with Crippen molar-refractivity contribution in [2.24, 2.45) is 5.10 Å². The maximum Gasteiger partial charge on any atom is 0.340 e. The van der Waals surface area contributed by atoms with Crippen LogP contribution in [0.25, 0.3) is 0 Å². The molecule has 1 aromatic heterocycles. The quantitative estimate of drug-likeness (QED) is 0.443. The molecule has 0 aliphatic rings. The molecule has 0 aliphatic carbocycles. The monoisotopic (exact) mass is 371 g/mol. The fraction of sp³-hybridized carbons (Fsp3) is 0.350. The Kier molecular flexibility index (Phi) is 6.76. The SMILES string of the molecule is CCOC(=O)c1c(C)[nH]c(/C=N/NC(=O)c2ccc(OC(C)C)cc2)c1C. The van der Waals surface area contributed by atoms with Gasteiger partial charge in [0.05, 0.1) is 30.2 Å². The van der Waals surface area contributed by atoms with Gasteiger partial charge >= 0.3 is 5.97 Å². The summed E-state index contributed by atoms with van der Waals surface area (Å²) < 4.78 is 10.6. The van der Waals surface area contributed by atoms with Crippen LogP contribution in [0.1, 0.15) is 58.4 Å². The summed E-state index contributed by atoms with van der Waals surface area (Å²) in [6.45, 7) is 9.53. The molecule has 0 saturated carbocycles. The summed E-state index contributed by atoms with van der Waals surface area (Å²) in [6, 6.07) is 6.82. The van der Waals surface area contributed by atoms with E-state index in [-0.39, 0.29) is 18.0 Å². The van der Waals surface area contributed by atoms with Crippen molar-refractivity contribution in [3.8, 4) is 5.75 Å². The number of aryl methyl sites for hydroxylation is 1. The van der Waals surface area contributed by atoms with E-state index in [2.05, 4.69) is 15.5 Å². The second-order valence-electron chi connectivity index (χ2n) is 6.27. The number of H-pyrrole nitrogens is 1. The van der Waals surface area contributed by atoms with Crippen molar-refractivity contribution in [2.75, 3.05) is 6.61 Å². The number of carbonyl (C=O) groups is 2. The lowest BCUT2D eigenvalue weighted by Crippen LogP contribution is -2.17. The highest BCUT2D eigenvalue weighted by atomic mass is 16.5. The Morgan fingerprint density at radius 1 is 1.22 bits per heavy atom. The molecular weight excluding hydrogens is 346 g/mol. The topological polar surface area (TPSA) is 92.8 Å². The second kappa shape index (κ2) is 9.02. The minimum absolute atomic E-state index is 0.0706. The van der Waals surface area contributed by atoms with Crippen LogP contribution < -0.4 is 10.2 Å². The van der Waals surface area contributed by atoms with Crippen LogP contribution in [0.5, 0.6) is 5.75 Å². The van der Waals surface area contributed by atoms with E-state index in [0.717, 1.165) is 5.56 Å². The number of ether oxygens (including phenoxy) is 2. The maximum atomic E-state index is 12.2. The molecule has 1 amide bonds. The van der Waals surface area contributed by atoms with Crippen LogP contribution in [0.3, 0.4) is 0 Å². The molecule has 0 atom stereocenters. The molecule has 2 rings (SSSR count). The molecule has 0 bridgehead atoms. The van der Waals surface area contributed by atoms with Crippen molar-refractivity contribution < 1.29 is 19.1 Å². The van der Waals surface area contributed by atoms with Crippen LogP contribution in [-0.4, -0.2) is 35.8 Å². The van der Waals surface area contributed by atoms with E-state index in [0.29, 0.717) is 34.9 Å². The van der Waals surface area contributed by atoms with E-state index in [1.807, 2.05) is 13.8 Å². The summed E-state index contributed by atoms with van der Waals surface area (Å²) in [4.78, 5) is 27.2. The van der Waals surface area contributed by atoms with Gasteiger partial charge in [-0.25, -0.2) is 10.2 Å². The zero-order valence-electron chi connectivity index (χ0n) is 16.3. The van der Waals surface area contributed by atoms with Crippen molar-refractivity contribution in [3.63, 3.8) is 0 Å². The number of hydrogen-bond donors (Lipinski definition) is 2. The molecular formula is C20H25N3O4. The molecule has 1 aromatic carbocycles. The fourth-order valence-corrected chi connectivity index (χ4v) is 2.59. The molecule has 0 saturated heterocycles. The third kappa shape index (κ3) is 5.20. The molecule has 7 heteroatoms. The number of nitrogens with one attached hydrogen (secondary N) is 2. The lowest BCUT2D eigenvalue weighted by Gasteiger charge is -2.09. The van der Waals surface area contributed by atoms with Crippen LogP contribution in [0.15, 0.2) is 29.4 Å². The summed E-state index contributed by atoms with van der Waals surface area (Å²) >= 11 is 0. The average Bonchev–Trinajstić information content (AvgIpc) is 2.89. The zero-order chi connectivity index (χ0) is 20.0. The van der Waals surface area contributed by atoms with Gasteiger partial charge in [0.25, 0.3) is 5.91 Å². The first-order valence-electron chi connectivity index (χ1n) is 8.79. The number of rotatable bonds is 7. The van der Waals surface area contributed by atoms with Crippen LogP contribution in [0, 0.1) is 13.8 Å². The second-order valence-corrected chi connectivity index (χ2v) is 6.27. The van der Waals surface area contributed by atoms with Crippen molar-refractivity contribution in [2.45, 2.75) is 40.7 Å². The summed E-state index contributed by atoms with van der Waals surface area (Å²) in [5.74, 6) is -0.0148. The van der Waals surface area contributed by atoms with Gasteiger partial charge in [0.2, 0.25) is 0 Å². The smallest absolute Gasteiger partial charge is 0.340 e. The predicted molar refractivity (Wildman–Crippen MR) is 103 cm³/mol. The lowest BCUT2D eigenvalue weighted by atomic mass is 10.1. The first-order chi connectivity index (χ1) is 12.8. The Bertz CT molecular complexity index is 836. The van der Waals surface area contributed by atoms with Crippen LogP contribution >= 0.6 is 0 Å². The van der Waals surface area contributed by atoms with E-state index in [4.69, 9.17) is 9.47 Å². The molecule has 1 heterocycles. The van der Waals surface area contributed by atoms with Crippen molar-refractivity contribution in [3.05, 3.63) is 52.3 Å². The molecule has 2 N–H and O–H groups in total. The Morgan fingerprint density at radius 2 is 1.89 bits per heavy atom. The summed E-state index contributed by atoms with van der Waals surface area (Å²) in [6.07, 6.45) is 1.54. The summed E-state index contributed by atoms with van der Waals surface area (Å²) in [5.41, 5.74) is 5.48. The molecule has 27 heavy (non-hydrogen) atoms. The number of carbonyl (C=O) groups excluding carboxylic acids is 2. The van der Waals surface area contributed by atoms with Crippen molar-refractivity contribution in [1.29, 1.82) is 0 Å².